The summed E-state index contributed by atoms with van der Waals surface area (Å²) in [4.78, 5) is 11.2. The van der Waals surface area contributed by atoms with Gasteiger partial charge in [0.25, 0.3) is 0 Å². The third-order valence-electron chi connectivity index (χ3n) is 4.30. The first kappa shape index (κ1) is 18.7. The van der Waals surface area contributed by atoms with Crippen molar-refractivity contribution in [2.24, 2.45) is 5.73 Å². The van der Waals surface area contributed by atoms with E-state index in [0.717, 1.165) is 30.8 Å². The fourth-order valence-corrected chi connectivity index (χ4v) is 2.79. The molecule has 0 fully saturated rings. The number of nitrogens with one attached hydrogen (secondary N) is 1. The molecule has 27 heavy (non-hydrogen) atoms. The van der Waals surface area contributed by atoms with Gasteiger partial charge in [0.05, 0.1) is 0 Å². The number of nitrogens with two attached hydrogens (primary N) is 1. The lowest BCUT2D eigenvalue weighted by molar-refractivity contribution is 0.1000. The molecule has 0 aliphatic heterocycles. The van der Waals surface area contributed by atoms with Crippen LogP contribution in [0.3, 0.4) is 0 Å². The number of primary amides is 1. The molecular formula is C23H24N2O2. The van der Waals surface area contributed by atoms with Crippen LogP contribution in [0.2, 0.25) is 0 Å². The lowest BCUT2D eigenvalue weighted by atomic mass is 10.1. The van der Waals surface area contributed by atoms with E-state index in [1.807, 2.05) is 30.3 Å². The normalized spacial score (nSPS) is 10.5. The molecule has 0 aliphatic carbocycles. The van der Waals surface area contributed by atoms with Gasteiger partial charge in [-0.05, 0) is 53.9 Å². The van der Waals surface area contributed by atoms with Gasteiger partial charge in [0, 0.05) is 12.1 Å². The summed E-state index contributed by atoms with van der Waals surface area (Å²) >= 11 is 0. The van der Waals surface area contributed by atoms with E-state index in [1.54, 1.807) is 12.1 Å². The van der Waals surface area contributed by atoms with Crippen LogP contribution >= 0.6 is 0 Å². The van der Waals surface area contributed by atoms with Gasteiger partial charge in [-0.1, -0.05) is 54.6 Å². The molecule has 0 radical (unpaired) electrons. The average molecular weight is 360 g/mol. The molecule has 4 nitrogen and oxygen atoms in total. The average Bonchev–Trinajstić information content (AvgIpc) is 2.71. The molecule has 0 saturated heterocycles. The van der Waals surface area contributed by atoms with Crippen molar-refractivity contribution in [2.75, 3.05) is 6.54 Å². The van der Waals surface area contributed by atoms with Crippen molar-refractivity contribution in [3.63, 3.8) is 0 Å². The molecule has 3 aromatic rings. The van der Waals surface area contributed by atoms with Crippen LogP contribution in [0.5, 0.6) is 5.75 Å². The predicted octanol–water partition coefficient (Wildman–Crippen LogP) is 3.70. The molecule has 3 aromatic carbocycles. The summed E-state index contributed by atoms with van der Waals surface area (Å²) in [6.07, 6.45) is 0.966. The predicted molar refractivity (Wildman–Crippen MR) is 108 cm³/mol. The van der Waals surface area contributed by atoms with E-state index >= 15 is 0 Å². The molecule has 0 spiro atoms. The summed E-state index contributed by atoms with van der Waals surface area (Å²) in [7, 11) is 0. The van der Waals surface area contributed by atoms with E-state index in [4.69, 9.17) is 10.5 Å². The first-order valence-electron chi connectivity index (χ1n) is 9.06. The number of amides is 1. The monoisotopic (exact) mass is 360 g/mol. The van der Waals surface area contributed by atoms with E-state index in [9.17, 15) is 4.79 Å². The van der Waals surface area contributed by atoms with Gasteiger partial charge in [0.1, 0.15) is 12.4 Å². The molecule has 0 aromatic heterocycles. The molecule has 0 aliphatic rings. The Kier molecular flexibility index (Phi) is 6.61. The van der Waals surface area contributed by atoms with Crippen LogP contribution < -0.4 is 15.8 Å². The summed E-state index contributed by atoms with van der Waals surface area (Å²) in [5.74, 6) is 0.377. The zero-order valence-corrected chi connectivity index (χ0v) is 15.2. The zero-order valence-electron chi connectivity index (χ0n) is 15.2. The maximum absolute atomic E-state index is 11.2. The highest BCUT2D eigenvalue weighted by molar-refractivity contribution is 5.92. The molecule has 0 atom stereocenters. The maximum Gasteiger partial charge on any atom is 0.248 e. The molecule has 0 unspecified atom stereocenters. The number of carbonyl (C=O) groups excluding carboxylic acids is 1. The summed E-state index contributed by atoms with van der Waals surface area (Å²) in [5.41, 5.74) is 9.27. The van der Waals surface area contributed by atoms with Crippen molar-refractivity contribution in [2.45, 2.75) is 19.6 Å². The van der Waals surface area contributed by atoms with Crippen molar-refractivity contribution >= 4 is 5.91 Å². The van der Waals surface area contributed by atoms with Gasteiger partial charge in [-0.3, -0.25) is 4.79 Å². The van der Waals surface area contributed by atoms with Crippen LogP contribution in [0.1, 0.15) is 27.0 Å². The fourth-order valence-electron chi connectivity index (χ4n) is 2.79. The van der Waals surface area contributed by atoms with E-state index < -0.39 is 5.91 Å². The molecule has 138 valence electrons. The molecule has 0 heterocycles. The van der Waals surface area contributed by atoms with Gasteiger partial charge in [-0.15, -0.1) is 0 Å². The first-order chi connectivity index (χ1) is 13.2. The molecule has 3 rings (SSSR count). The Bertz CT molecular complexity index is 861. The van der Waals surface area contributed by atoms with Crippen LogP contribution in [0.4, 0.5) is 0 Å². The molecule has 0 saturated carbocycles. The van der Waals surface area contributed by atoms with Crippen LogP contribution in [0, 0.1) is 0 Å². The topological polar surface area (TPSA) is 64.4 Å². The zero-order chi connectivity index (χ0) is 18.9. The Morgan fingerprint density at radius 1 is 0.852 bits per heavy atom. The van der Waals surface area contributed by atoms with Gasteiger partial charge in [-0.2, -0.15) is 0 Å². The van der Waals surface area contributed by atoms with Crippen LogP contribution in [-0.4, -0.2) is 12.5 Å². The van der Waals surface area contributed by atoms with Gasteiger partial charge < -0.3 is 15.8 Å². The summed E-state index contributed by atoms with van der Waals surface area (Å²) in [5, 5.41) is 3.46. The molecule has 0 bridgehead atoms. The highest BCUT2D eigenvalue weighted by atomic mass is 16.5. The highest BCUT2D eigenvalue weighted by Crippen LogP contribution is 2.15. The largest absolute Gasteiger partial charge is 0.489 e. The van der Waals surface area contributed by atoms with Crippen molar-refractivity contribution < 1.29 is 9.53 Å². The molecule has 1 amide bonds. The van der Waals surface area contributed by atoms with Crippen molar-refractivity contribution in [3.8, 4) is 5.75 Å². The lowest BCUT2D eigenvalue weighted by Crippen LogP contribution is -2.16. The minimum atomic E-state index is -0.429. The quantitative estimate of drug-likeness (QED) is 0.572. The Balaban J connectivity index is 1.43. The smallest absolute Gasteiger partial charge is 0.248 e. The number of hydrogen-bond donors (Lipinski definition) is 2. The van der Waals surface area contributed by atoms with Crippen molar-refractivity contribution in [3.05, 3.63) is 101 Å². The molecule has 3 N–H and O–H groups in total. The van der Waals surface area contributed by atoms with Gasteiger partial charge in [0.2, 0.25) is 5.91 Å². The number of rotatable bonds is 9. The molecular weight excluding hydrogens is 336 g/mol. The first-order valence-corrected chi connectivity index (χ1v) is 9.06. The SMILES string of the molecule is NC(=O)c1cccc(COc2ccc(CCNCc3ccccc3)cc2)c1. The number of ether oxygens (including phenoxy) is 1. The summed E-state index contributed by atoms with van der Waals surface area (Å²) < 4.78 is 5.80. The minimum absolute atomic E-state index is 0.402. The Morgan fingerprint density at radius 3 is 2.33 bits per heavy atom. The maximum atomic E-state index is 11.2. The number of carbonyl (C=O) groups is 1. The summed E-state index contributed by atoms with van der Waals surface area (Å²) in [6.45, 7) is 2.21. The van der Waals surface area contributed by atoms with Crippen LogP contribution in [-0.2, 0) is 19.6 Å². The van der Waals surface area contributed by atoms with E-state index in [-0.39, 0.29) is 0 Å². The Labute approximate surface area is 160 Å². The number of hydrogen-bond acceptors (Lipinski definition) is 3. The Morgan fingerprint density at radius 2 is 1.59 bits per heavy atom. The van der Waals surface area contributed by atoms with Crippen molar-refractivity contribution in [1.29, 1.82) is 0 Å². The second-order valence-electron chi connectivity index (χ2n) is 6.41. The van der Waals surface area contributed by atoms with Gasteiger partial charge in [0.15, 0.2) is 0 Å². The highest BCUT2D eigenvalue weighted by Gasteiger charge is 2.02. The van der Waals surface area contributed by atoms with Crippen molar-refractivity contribution in [1.82, 2.24) is 5.32 Å². The third-order valence-corrected chi connectivity index (χ3v) is 4.30. The van der Waals surface area contributed by atoms with E-state index in [0.29, 0.717) is 12.2 Å². The fraction of sp³-hybridized carbons (Fsp3) is 0.174. The second kappa shape index (κ2) is 9.55. The lowest BCUT2D eigenvalue weighted by Gasteiger charge is -2.09. The number of benzene rings is 3. The van der Waals surface area contributed by atoms with Crippen LogP contribution in [0.25, 0.3) is 0 Å². The third kappa shape index (κ3) is 5.97. The van der Waals surface area contributed by atoms with E-state index in [2.05, 4.69) is 41.7 Å². The minimum Gasteiger partial charge on any atom is -0.489 e. The standard InChI is InChI=1S/C23H24N2O2/c24-23(26)21-8-4-7-20(15-21)17-27-22-11-9-18(10-12-22)13-14-25-16-19-5-2-1-3-6-19/h1-12,15,25H,13-14,16-17H2,(H2,24,26). The van der Waals surface area contributed by atoms with Gasteiger partial charge in [-0.25, -0.2) is 0 Å². The summed E-state index contributed by atoms with van der Waals surface area (Å²) in [6, 6.07) is 25.7. The second-order valence-corrected chi connectivity index (χ2v) is 6.41. The van der Waals surface area contributed by atoms with Gasteiger partial charge >= 0.3 is 0 Å². The van der Waals surface area contributed by atoms with Crippen LogP contribution in [0.15, 0.2) is 78.9 Å². The van der Waals surface area contributed by atoms with E-state index in [1.165, 1.54) is 11.1 Å². The molecule has 4 heteroatoms. The Hall–Kier alpha value is -3.11.